The molecule has 3 rings (SSSR count). The molecule has 0 saturated carbocycles. The molecule has 1 aromatic heterocycles. The first kappa shape index (κ1) is 12.2. The number of aryl methyl sites for hydroxylation is 1. The van der Waals surface area contributed by atoms with E-state index in [1.807, 2.05) is 12.1 Å². The molecule has 2 N–H and O–H groups in total. The summed E-state index contributed by atoms with van der Waals surface area (Å²) in [6.45, 7) is 0. The molecule has 0 aliphatic heterocycles. The number of anilines is 1. The Morgan fingerprint density at radius 1 is 1.21 bits per heavy atom. The van der Waals surface area contributed by atoms with E-state index in [2.05, 4.69) is 21.0 Å². The molecule has 0 atom stereocenters. The number of H-pyrrole nitrogens is 1. The van der Waals surface area contributed by atoms with E-state index in [4.69, 9.17) is 0 Å². The van der Waals surface area contributed by atoms with E-state index in [-0.39, 0.29) is 4.90 Å². The summed E-state index contributed by atoms with van der Waals surface area (Å²) in [5.41, 5.74) is 3.07. The van der Waals surface area contributed by atoms with Crippen LogP contribution in [0.15, 0.2) is 35.5 Å². The Bertz CT molecular complexity index is 678. The highest BCUT2D eigenvalue weighted by Gasteiger charge is 2.19. The van der Waals surface area contributed by atoms with Gasteiger partial charge in [0.2, 0.25) is 0 Å². The number of aromatic amines is 1. The van der Waals surface area contributed by atoms with Crippen molar-refractivity contribution in [3.05, 3.63) is 41.7 Å². The van der Waals surface area contributed by atoms with Gasteiger partial charge in [-0.2, -0.15) is 5.10 Å². The average Bonchev–Trinajstić information content (AvgIpc) is 2.93. The normalized spacial score (nSPS) is 14.9. The Hall–Kier alpha value is -1.82. The second kappa shape index (κ2) is 4.70. The van der Waals surface area contributed by atoms with Gasteiger partial charge in [-0.05, 0) is 42.9 Å². The summed E-state index contributed by atoms with van der Waals surface area (Å²) < 4.78 is 27.0. The van der Waals surface area contributed by atoms with Gasteiger partial charge in [0, 0.05) is 6.20 Å². The van der Waals surface area contributed by atoms with Gasteiger partial charge in [0.1, 0.15) is 4.90 Å². The largest absolute Gasteiger partial charge is 0.284 e. The summed E-state index contributed by atoms with van der Waals surface area (Å²) in [6.07, 6.45) is 6.91. The number of nitrogens with zero attached hydrogens (tertiary/aromatic N) is 1. The maximum Gasteiger partial charge on any atom is 0.265 e. The fourth-order valence-corrected chi connectivity index (χ4v) is 3.46. The van der Waals surface area contributed by atoms with Crippen molar-refractivity contribution in [1.29, 1.82) is 0 Å². The number of hydrogen-bond acceptors (Lipinski definition) is 3. The van der Waals surface area contributed by atoms with Crippen molar-refractivity contribution in [1.82, 2.24) is 10.2 Å². The number of aromatic nitrogens is 2. The van der Waals surface area contributed by atoms with Gasteiger partial charge in [-0.1, -0.05) is 12.1 Å². The van der Waals surface area contributed by atoms with Gasteiger partial charge in [0.15, 0.2) is 0 Å². The lowest BCUT2D eigenvalue weighted by molar-refractivity contribution is 0.601. The molecule has 0 unspecified atom stereocenters. The fraction of sp³-hybridized carbons (Fsp3) is 0.308. The Balaban J connectivity index is 1.96. The van der Waals surface area contributed by atoms with Crippen LogP contribution in [-0.2, 0) is 22.9 Å². The molecule has 0 bridgehead atoms. The van der Waals surface area contributed by atoms with Gasteiger partial charge in [0.25, 0.3) is 10.0 Å². The Kier molecular flexibility index (Phi) is 3.02. The van der Waals surface area contributed by atoms with Crippen LogP contribution >= 0.6 is 0 Å². The summed E-state index contributed by atoms with van der Waals surface area (Å²) in [5.74, 6) is 0. The molecular formula is C13H15N3O2S. The molecule has 1 aromatic carbocycles. The molecular weight excluding hydrogens is 262 g/mol. The summed E-state index contributed by atoms with van der Waals surface area (Å²) in [7, 11) is -3.55. The second-order valence-corrected chi connectivity index (χ2v) is 6.37. The molecule has 19 heavy (non-hydrogen) atoms. The van der Waals surface area contributed by atoms with Crippen LogP contribution in [0.5, 0.6) is 0 Å². The van der Waals surface area contributed by atoms with E-state index in [1.165, 1.54) is 24.4 Å². The summed E-state index contributed by atoms with van der Waals surface area (Å²) in [4.78, 5) is 0.154. The van der Waals surface area contributed by atoms with Crippen LogP contribution < -0.4 is 4.72 Å². The van der Waals surface area contributed by atoms with E-state index in [9.17, 15) is 8.42 Å². The van der Waals surface area contributed by atoms with Crippen molar-refractivity contribution in [2.75, 3.05) is 4.72 Å². The average molecular weight is 277 g/mol. The SMILES string of the molecule is O=S(=O)(Nc1cccc2c1CCCC2)c1cn[nH]c1. The van der Waals surface area contributed by atoms with Crippen LogP contribution in [0, 0.1) is 0 Å². The minimum atomic E-state index is -3.55. The highest BCUT2D eigenvalue weighted by Crippen LogP contribution is 2.29. The molecule has 0 radical (unpaired) electrons. The van der Waals surface area contributed by atoms with Crippen molar-refractivity contribution in [2.24, 2.45) is 0 Å². The maximum absolute atomic E-state index is 12.2. The van der Waals surface area contributed by atoms with E-state index < -0.39 is 10.0 Å². The van der Waals surface area contributed by atoms with Crippen molar-refractivity contribution in [3.63, 3.8) is 0 Å². The van der Waals surface area contributed by atoms with Gasteiger partial charge in [-0.15, -0.1) is 0 Å². The first-order chi connectivity index (χ1) is 9.17. The quantitative estimate of drug-likeness (QED) is 0.902. The van der Waals surface area contributed by atoms with Crippen LogP contribution in [0.1, 0.15) is 24.0 Å². The van der Waals surface area contributed by atoms with Gasteiger partial charge in [-0.3, -0.25) is 9.82 Å². The number of nitrogens with one attached hydrogen (secondary N) is 2. The number of sulfonamides is 1. The Morgan fingerprint density at radius 3 is 2.84 bits per heavy atom. The molecule has 0 saturated heterocycles. The standard InChI is InChI=1S/C13H15N3O2S/c17-19(18,11-8-14-15-9-11)16-13-7-3-5-10-4-1-2-6-12(10)13/h3,5,7-9,16H,1-2,4,6H2,(H,14,15). The lowest BCUT2D eigenvalue weighted by Gasteiger charge is -2.19. The predicted molar refractivity (Wildman–Crippen MR) is 72.5 cm³/mol. The summed E-state index contributed by atoms with van der Waals surface area (Å²) in [6, 6.07) is 5.79. The van der Waals surface area contributed by atoms with Crippen LogP contribution in [0.2, 0.25) is 0 Å². The summed E-state index contributed by atoms with van der Waals surface area (Å²) in [5, 5.41) is 6.19. The predicted octanol–water partition coefficient (Wildman–Crippen LogP) is 2.09. The van der Waals surface area contributed by atoms with E-state index in [0.717, 1.165) is 24.8 Å². The van der Waals surface area contributed by atoms with Crippen LogP contribution in [0.4, 0.5) is 5.69 Å². The van der Waals surface area contributed by atoms with Crippen LogP contribution in [0.3, 0.4) is 0 Å². The van der Waals surface area contributed by atoms with Gasteiger partial charge in [0.05, 0.1) is 11.9 Å². The maximum atomic E-state index is 12.2. The topological polar surface area (TPSA) is 74.8 Å². The van der Waals surface area contributed by atoms with Crippen molar-refractivity contribution < 1.29 is 8.42 Å². The number of fused-ring (bicyclic) bond motifs is 1. The third kappa shape index (κ3) is 2.35. The minimum Gasteiger partial charge on any atom is -0.284 e. The number of rotatable bonds is 3. The molecule has 1 aliphatic carbocycles. The third-order valence-electron chi connectivity index (χ3n) is 3.42. The molecule has 6 heteroatoms. The molecule has 0 spiro atoms. The lowest BCUT2D eigenvalue weighted by Crippen LogP contribution is -2.15. The molecule has 100 valence electrons. The van der Waals surface area contributed by atoms with Gasteiger partial charge in [-0.25, -0.2) is 8.42 Å². The lowest BCUT2D eigenvalue weighted by atomic mass is 9.91. The zero-order valence-corrected chi connectivity index (χ0v) is 11.2. The molecule has 1 heterocycles. The van der Waals surface area contributed by atoms with Crippen molar-refractivity contribution in [3.8, 4) is 0 Å². The molecule has 1 aliphatic rings. The zero-order chi connectivity index (χ0) is 13.3. The zero-order valence-electron chi connectivity index (χ0n) is 10.4. The van der Waals surface area contributed by atoms with Crippen molar-refractivity contribution in [2.45, 2.75) is 30.6 Å². The second-order valence-electron chi connectivity index (χ2n) is 4.69. The Morgan fingerprint density at radius 2 is 2.05 bits per heavy atom. The summed E-state index contributed by atoms with van der Waals surface area (Å²) >= 11 is 0. The minimum absolute atomic E-state index is 0.154. The van der Waals surface area contributed by atoms with E-state index in [0.29, 0.717) is 5.69 Å². The highest BCUT2D eigenvalue weighted by molar-refractivity contribution is 7.92. The monoisotopic (exact) mass is 277 g/mol. The molecule has 0 fully saturated rings. The van der Waals surface area contributed by atoms with Crippen LogP contribution in [0.25, 0.3) is 0 Å². The first-order valence-corrected chi connectivity index (χ1v) is 7.77. The van der Waals surface area contributed by atoms with Gasteiger partial charge < -0.3 is 0 Å². The molecule has 0 amide bonds. The fourth-order valence-electron chi connectivity index (χ4n) is 2.47. The highest BCUT2D eigenvalue weighted by atomic mass is 32.2. The Labute approximate surface area is 112 Å². The van der Waals surface area contributed by atoms with Crippen molar-refractivity contribution >= 4 is 15.7 Å². The van der Waals surface area contributed by atoms with E-state index in [1.54, 1.807) is 0 Å². The number of benzene rings is 1. The number of hydrogen-bond donors (Lipinski definition) is 2. The molecule has 2 aromatic rings. The van der Waals surface area contributed by atoms with E-state index >= 15 is 0 Å². The van der Waals surface area contributed by atoms with Gasteiger partial charge >= 0.3 is 0 Å². The smallest absolute Gasteiger partial charge is 0.265 e. The first-order valence-electron chi connectivity index (χ1n) is 6.29. The molecule has 5 nitrogen and oxygen atoms in total. The van der Waals surface area contributed by atoms with Crippen LogP contribution in [-0.4, -0.2) is 18.6 Å². The third-order valence-corrected chi connectivity index (χ3v) is 4.76.